The third-order valence-electron chi connectivity index (χ3n) is 5.08. The van der Waals surface area contributed by atoms with Crippen LogP contribution in [0.1, 0.15) is 23.0 Å². The average Bonchev–Trinajstić information content (AvgIpc) is 2.88. The summed E-state index contributed by atoms with van der Waals surface area (Å²) in [5.41, 5.74) is 2.26. The Morgan fingerprint density at radius 1 is 1.29 bits per heavy atom. The van der Waals surface area contributed by atoms with E-state index in [-0.39, 0.29) is 29.6 Å². The van der Waals surface area contributed by atoms with E-state index < -0.39 is 54.3 Å². The van der Waals surface area contributed by atoms with Gasteiger partial charge in [0.25, 0.3) is 11.8 Å². The molecule has 0 radical (unpaired) electrons. The Morgan fingerprint density at radius 2 is 2.00 bits per heavy atom. The fraction of sp³-hybridized carbons (Fsp3) is 0.381. The summed E-state index contributed by atoms with van der Waals surface area (Å²) in [5, 5.41) is 2.34. The molecule has 190 valence electrons. The number of pyridine rings is 1. The first-order valence-corrected chi connectivity index (χ1v) is 9.91. The number of nitrogens with one attached hydrogen (secondary N) is 1. The molecule has 1 amide bonds. The highest BCUT2D eigenvalue weighted by Gasteiger charge is 2.54. The van der Waals surface area contributed by atoms with Crippen LogP contribution >= 0.6 is 0 Å². The zero-order valence-corrected chi connectivity index (χ0v) is 18.0. The Labute approximate surface area is 194 Å². The van der Waals surface area contributed by atoms with Crippen molar-refractivity contribution in [3.05, 3.63) is 53.6 Å². The minimum atomic E-state index is -4.37. The van der Waals surface area contributed by atoms with Gasteiger partial charge in [0, 0.05) is 11.3 Å². The molecule has 35 heavy (non-hydrogen) atoms. The highest BCUT2D eigenvalue weighted by Crippen LogP contribution is 2.44. The van der Waals surface area contributed by atoms with Crippen LogP contribution in [-0.4, -0.2) is 54.8 Å². The first-order chi connectivity index (χ1) is 16.2. The molecule has 14 heteroatoms. The molecule has 1 aromatic heterocycles. The van der Waals surface area contributed by atoms with Crippen LogP contribution < -0.4 is 15.8 Å². The summed E-state index contributed by atoms with van der Waals surface area (Å²) in [6, 6.07) is 5.04. The third-order valence-corrected chi connectivity index (χ3v) is 5.08. The van der Waals surface area contributed by atoms with Crippen molar-refractivity contribution in [1.82, 2.24) is 4.98 Å². The molecule has 0 bridgehead atoms. The largest absolute Gasteiger partial charge is 0.485 e. The van der Waals surface area contributed by atoms with Crippen LogP contribution in [0, 0.1) is 5.82 Å². The summed E-state index contributed by atoms with van der Waals surface area (Å²) >= 11 is 0. The van der Waals surface area contributed by atoms with E-state index in [2.05, 4.69) is 20.0 Å². The van der Waals surface area contributed by atoms with Crippen LogP contribution in [0.15, 0.2) is 41.5 Å². The molecule has 0 aliphatic carbocycles. The van der Waals surface area contributed by atoms with E-state index in [1.807, 2.05) is 0 Å². The standard InChI is InChI=1S/C21H19F7N4O3/c1-19(21(27,28)10-34-8-16(29)32-19)13-6-11(2-4-14(13)22)31-17(33)15-5-3-12(7-30-15)35-9-20(25,26)18(23)24/h2-7,18H,8-10H2,1H3,(H2,29,32)(H,31,33)/t19-/m1/s1. The number of halogens is 7. The van der Waals surface area contributed by atoms with Crippen molar-refractivity contribution in [2.45, 2.75) is 30.7 Å². The number of ether oxygens (including phenoxy) is 2. The second-order valence-corrected chi connectivity index (χ2v) is 7.75. The number of carbonyl (C=O) groups is 1. The van der Waals surface area contributed by atoms with Crippen molar-refractivity contribution in [3.63, 3.8) is 0 Å². The van der Waals surface area contributed by atoms with Crippen LogP contribution in [-0.2, 0) is 10.3 Å². The van der Waals surface area contributed by atoms with Gasteiger partial charge in [-0.15, -0.1) is 0 Å². The smallest absolute Gasteiger partial charge is 0.340 e. The van der Waals surface area contributed by atoms with Gasteiger partial charge in [0.2, 0.25) is 0 Å². The van der Waals surface area contributed by atoms with E-state index in [0.717, 1.165) is 43.5 Å². The Kier molecular flexibility index (Phi) is 7.24. The van der Waals surface area contributed by atoms with Crippen LogP contribution in [0.2, 0.25) is 0 Å². The molecule has 1 aromatic carbocycles. The summed E-state index contributed by atoms with van der Waals surface area (Å²) in [4.78, 5) is 19.9. The molecule has 0 fully saturated rings. The Bertz CT molecular complexity index is 1110. The van der Waals surface area contributed by atoms with Gasteiger partial charge in [-0.25, -0.2) is 26.9 Å². The van der Waals surface area contributed by atoms with Crippen molar-refractivity contribution in [1.29, 1.82) is 0 Å². The molecule has 3 N–H and O–H groups in total. The SMILES string of the molecule is C[C@]1(c2cc(NC(=O)c3ccc(OCC(F)(F)C(F)F)cn3)ccc2F)N=C(N)COCC1(F)F. The van der Waals surface area contributed by atoms with E-state index in [4.69, 9.17) is 10.5 Å². The van der Waals surface area contributed by atoms with Crippen molar-refractivity contribution in [3.8, 4) is 5.75 Å². The predicted octanol–water partition coefficient (Wildman–Crippen LogP) is 3.99. The maximum absolute atomic E-state index is 14.8. The molecule has 0 saturated heterocycles. The van der Waals surface area contributed by atoms with Crippen molar-refractivity contribution >= 4 is 17.4 Å². The number of nitrogens with two attached hydrogens (primary N) is 1. The summed E-state index contributed by atoms with van der Waals surface area (Å²) < 4.78 is 104. The van der Waals surface area contributed by atoms with Gasteiger partial charge in [-0.05, 0) is 37.3 Å². The quantitative estimate of drug-likeness (QED) is 0.552. The topological polar surface area (TPSA) is 98.8 Å². The fourth-order valence-electron chi connectivity index (χ4n) is 3.10. The van der Waals surface area contributed by atoms with Gasteiger partial charge in [0.1, 0.15) is 36.3 Å². The zero-order valence-electron chi connectivity index (χ0n) is 18.0. The van der Waals surface area contributed by atoms with Gasteiger partial charge in [0.05, 0.1) is 6.20 Å². The molecular weight excluding hydrogens is 489 g/mol. The lowest BCUT2D eigenvalue weighted by Gasteiger charge is -2.33. The minimum absolute atomic E-state index is 0.0823. The van der Waals surface area contributed by atoms with Gasteiger partial charge in [0.15, 0.2) is 12.1 Å². The maximum Gasteiger partial charge on any atom is 0.340 e. The number of amides is 1. The van der Waals surface area contributed by atoms with Crippen molar-refractivity contribution in [2.75, 3.05) is 25.1 Å². The lowest BCUT2D eigenvalue weighted by molar-refractivity contribution is -0.148. The summed E-state index contributed by atoms with van der Waals surface area (Å²) in [7, 11) is 0. The molecule has 0 saturated carbocycles. The number of rotatable bonds is 7. The number of alkyl halides is 6. The minimum Gasteiger partial charge on any atom is -0.485 e. The van der Waals surface area contributed by atoms with E-state index in [9.17, 15) is 35.5 Å². The van der Waals surface area contributed by atoms with Gasteiger partial charge < -0.3 is 20.5 Å². The molecule has 1 atom stereocenters. The number of anilines is 1. The van der Waals surface area contributed by atoms with Gasteiger partial charge in [-0.1, -0.05) is 0 Å². The maximum atomic E-state index is 14.8. The van der Waals surface area contributed by atoms with Crippen molar-refractivity contribution in [2.24, 2.45) is 10.7 Å². The van der Waals surface area contributed by atoms with E-state index in [1.54, 1.807) is 0 Å². The zero-order chi connectivity index (χ0) is 26.0. The van der Waals surface area contributed by atoms with Gasteiger partial charge >= 0.3 is 12.3 Å². The second kappa shape index (κ2) is 9.68. The van der Waals surface area contributed by atoms with Crippen molar-refractivity contribution < 1.29 is 45.0 Å². The lowest BCUT2D eigenvalue weighted by Crippen LogP contribution is -2.45. The Balaban J connectivity index is 1.79. The average molecular weight is 508 g/mol. The highest BCUT2D eigenvalue weighted by molar-refractivity contribution is 6.02. The van der Waals surface area contributed by atoms with Crippen LogP contribution in [0.25, 0.3) is 0 Å². The summed E-state index contributed by atoms with van der Waals surface area (Å²) in [5.74, 6) is -10.5. The number of amidine groups is 1. The number of nitrogens with zero attached hydrogens (tertiary/aromatic N) is 2. The second-order valence-electron chi connectivity index (χ2n) is 7.75. The molecule has 1 aliphatic rings. The Morgan fingerprint density at radius 3 is 2.63 bits per heavy atom. The van der Waals surface area contributed by atoms with Gasteiger partial charge in [-0.2, -0.15) is 8.78 Å². The highest BCUT2D eigenvalue weighted by atomic mass is 19.3. The number of aliphatic imine (C=N–C) groups is 1. The molecule has 0 spiro atoms. The monoisotopic (exact) mass is 508 g/mol. The first-order valence-electron chi connectivity index (χ1n) is 9.91. The molecule has 2 heterocycles. The van der Waals surface area contributed by atoms with Crippen LogP contribution in [0.5, 0.6) is 5.75 Å². The molecule has 7 nitrogen and oxygen atoms in total. The molecule has 0 unspecified atom stereocenters. The molecule has 3 rings (SSSR count). The Hall–Kier alpha value is -3.42. The van der Waals surface area contributed by atoms with E-state index in [0.29, 0.717) is 0 Å². The molecule has 2 aromatic rings. The molecular formula is C21H19F7N4O3. The van der Waals surface area contributed by atoms with E-state index >= 15 is 0 Å². The normalized spacial score (nSPS) is 20.2. The molecule has 1 aliphatic heterocycles. The van der Waals surface area contributed by atoms with Gasteiger partial charge in [-0.3, -0.25) is 9.79 Å². The van der Waals surface area contributed by atoms with E-state index in [1.165, 1.54) is 0 Å². The third kappa shape index (κ3) is 5.63. The predicted molar refractivity (Wildman–Crippen MR) is 110 cm³/mol. The van der Waals surface area contributed by atoms with Crippen LogP contribution in [0.4, 0.5) is 36.4 Å². The number of benzene rings is 1. The number of carbonyl (C=O) groups excluding carboxylic acids is 1. The summed E-state index contributed by atoms with van der Waals surface area (Å²) in [6.45, 7) is -2.05. The fourth-order valence-corrected chi connectivity index (χ4v) is 3.10. The number of aromatic nitrogens is 1. The number of hydrogen-bond donors (Lipinski definition) is 2. The lowest BCUT2D eigenvalue weighted by atomic mass is 9.85. The first kappa shape index (κ1) is 26.2. The summed E-state index contributed by atoms with van der Waals surface area (Å²) in [6.07, 6.45) is -3.06. The van der Waals surface area contributed by atoms with Crippen LogP contribution in [0.3, 0.4) is 0 Å². The number of hydrogen-bond acceptors (Lipinski definition) is 6.